The summed E-state index contributed by atoms with van der Waals surface area (Å²) in [6.07, 6.45) is 0. The Kier molecular flexibility index (Phi) is 4.40. The number of hydrogen-bond acceptors (Lipinski definition) is 2. The maximum absolute atomic E-state index is 13.2. The van der Waals surface area contributed by atoms with Crippen molar-refractivity contribution in [1.29, 1.82) is 0 Å². The monoisotopic (exact) mass is 313 g/mol. The Morgan fingerprint density at radius 2 is 2.06 bits per heavy atom. The highest BCUT2D eigenvalue weighted by molar-refractivity contribution is 9.09. The van der Waals surface area contributed by atoms with E-state index in [2.05, 4.69) is 20.7 Å². The minimum atomic E-state index is -4.02. The first-order valence-corrected chi connectivity index (χ1v) is 7.00. The summed E-state index contributed by atoms with van der Waals surface area (Å²) < 4.78 is 51.5. The fourth-order valence-corrected chi connectivity index (χ4v) is 2.75. The molecule has 0 radical (unpaired) electrons. The molecule has 0 bridgehead atoms. The summed E-state index contributed by atoms with van der Waals surface area (Å²) >= 11 is 3.08. The van der Waals surface area contributed by atoms with E-state index in [-0.39, 0.29) is 0 Å². The number of sulfonamides is 1. The van der Waals surface area contributed by atoms with Crippen LogP contribution < -0.4 is 4.72 Å². The van der Waals surface area contributed by atoms with Crippen LogP contribution in [0.4, 0.5) is 8.78 Å². The van der Waals surface area contributed by atoms with Crippen LogP contribution in [0.2, 0.25) is 0 Å². The van der Waals surface area contributed by atoms with Crippen LogP contribution in [-0.4, -0.2) is 19.8 Å². The van der Waals surface area contributed by atoms with Crippen molar-refractivity contribution in [2.45, 2.75) is 17.9 Å². The van der Waals surface area contributed by atoms with Gasteiger partial charge < -0.3 is 0 Å². The third kappa shape index (κ3) is 3.23. The molecule has 0 fully saturated rings. The number of benzene rings is 1. The molecule has 16 heavy (non-hydrogen) atoms. The minimum Gasteiger partial charge on any atom is -0.207 e. The first-order chi connectivity index (χ1) is 7.36. The second-order valence-electron chi connectivity index (χ2n) is 3.25. The van der Waals surface area contributed by atoms with Crippen LogP contribution in [0.15, 0.2) is 23.1 Å². The Labute approximate surface area is 101 Å². The molecule has 1 unspecified atom stereocenters. The number of nitrogens with one attached hydrogen (secondary N) is 1. The third-order valence-corrected chi connectivity index (χ3v) is 4.35. The molecule has 0 saturated heterocycles. The lowest BCUT2D eigenvalue weighted by molar-refractivity contribution is 0.540. The normalized spacial score (nSPS) is 13.8. The van der Waals surface area contributed by atoms with E-state index >= 15 is 0 Å². The zero-order valence-corrected chi connectivity index (χ0v) is 10.8. The molecule has 0 aliphatic carbocycles. The smallest absolute Gasteiger partial charge is 0.207 e. The summed E-state index contributed by atoms with van der Waals surface area (Å²) in [5, 5.41) is 0.378. The molecular weight excluding hydrogens is 304 g/mol. The molecule has 1 N–H and O–H groups in total. The Morgan fingerprint density at radius 1 is 1.44 bits per heavy atom. The molecule has 0 aromatic heterocycles. The molecule has 1 rings (SSSR count). The quantitative estimate of drug-likeness (QED) is 0.865. The summed E-state index contributed by atoms with van der Waals surface area (Å²) in [6.45, 7) is 1.60. The van der Waals surface area contributed by atoms with Gasteiger partial charge in [0.1, 0.15) is 16.5 Å². The van der Waals surface area contributed by atoms with Crippen LogP contribution in [0.1, 0.15) is 6.92 Å². The van der Waals surface area contributed by atoms with Gasteiger partial charge in [0, 0.05) is 11.4 Å². The molecule has 0 heterocycles. The Morgan fingerprint density at radius 3 is 2.62 bits per heavy atom. The summed E-state index contributed by atoms with van der Waals surface area (Å²) in [5.74, 6) is -1.77. The van der Waals surface area contributed by atoms with Crippen molar-refractivity contribution in [3.8, 4) is 0 Å². The van der Waals surface area contributed by atoms with Crippen molar-refractivity contribution in [3.63, 3.8) is 0 Å². The van der Waals surface area contributed by atoms with Gasteiger partial charge >= 0.3 is 0 Å². The van der Waals surface area contributed by atoms with Crippen LogP contribution in [0.5, 0.6) is 0 Å². The first-order valence-electron chi connectivity index (χ1n) is 4.40. The third-order valence-electron chi connectivity index (χ3n) is 1.77. The molecule has 0 amide bonds. The number of rotatable bonds is 4. The second-order valence-corrected chi connectivity index (χ2v) is 5.58. The highest BCUT2D eigenvalue weighted by Crippen LogP contribution is 2.16. The maximum Gasteiger partial charge on any atom is 0.243 e. The first kappa shape index (κ1) is 13.5. The lowest BCUT2D eigenvalue weighted by Gasteiger charge is -2.11. The van der Waals surface area contributed by atoms with Crippen molar-refractivity contribution in [3.05, 3.63) is 29.8 Å². The highest BCUT2D eigenvalue weighted by Gasteiger charge is 2.21. The lowest BCUT2D eigenvalue weighted by Crippen LogP contribution is -2.34. The average molecular weight is 314 g/mol. The van der Waals surface area contributed by atoms with E-state index in [4.69, 9.17) is 0 Å². The number of hydrogen-bond donors (Lipinski definition) is 1. The van der Waals surface area contributed by atoms with E-state index in [0.717, 1.165) is 12.1 Å². The van der Waals surface area contributed by atoms with Crippen LogP contribution in [0.3, 0.4) is 0 Å². The minimum absolute atomic E-state index is 0.378. The Bertz CT molecular complexity index is 478. The zero-order valence-electron chi connectivity index (χ0n) is 8.38. The maximum atomic E-state index is 13.2. The molecule has 1 aromatic carbocycles. The van der Waals surface area contributed by atoms with E-state index in [1.54, 1.807) is 6.92 Å². The molecule has 0 aliphatic heterocycles. The van der Waals surface area contributed by atoms with Crippen molar-refractivity contribution < 1.29 is 17.2 Å². The molecular formula is C9H10BrF2NO2S. The van der Waals surface area contributed by atoms with Gasteiger partial charge in [-0.3, -0.25) is 0 Å². The lowest BCUT2D eigenvalue weighted by atomic mass is 10.3. The van der Waals surface area contributed by atoms with Gasteiger partial charge in [0.05, 0.1) is 0 Å². The Hall–Kier alpha value is -0.530. The van der Waals surface area contributed by atoms with E-state index in [1.165, 1.54) is 0 Å². The van der Waals surface area contributed by atoms with Crippen LogP contribution >= 0.6 is 15.9 Å². The topological polar surface area (TPSA) is 46.2 Å². The average Bonchev–Trinajstić information content (AvgIpc) is 2.20. The van der Waals surface area contributed by atoms with Gasteiger partial charge in [-0.25, -0.2) is 21.9 Å². The predicted octanol–water partition coefficient (Wildman–Crippen LogP) is 2.03. The standard InChI is InChI=1S/C9H10BrF2NO2S/c1-6(5-10)13-16(14,15)9-4-7(11)2-3-8(9)12/h2-4,6,13H,5H2,1H3. The van der Waals surface area contributed by atoms with Crippen molar-refractivity contribution in [2.24, 2.45) is 0 Å². The van der Waals surface area contributed by atoms with E-state index < -0.39 is 32.6 Å². The predicted molar refractivity (Wildman–Crippen MR) is 59.9 cm³/mol. The van der Waals surface area contributed by atoms with Crippen molar-refractivity contribution >= 4 is 26.0 Å². The van der Waals surface area contributed by atoms with Gasteiger partial charge in [0.15, 0.2) is 0 Å². The summed E-state index contributed by atoms with van der Waals surface area (Å²) in [6, 6.07) is 1.89. The van der Waals surface area contributed by atoms with E-state index in [1.807, 2.05) is 0 Å². The molecule has 0 spiro atoms. The van der Waals surface area contributed by atoms with Gasteiger partial charge in [0.25, 0.3) is 0 Å². The van der Waals surface area contributed by atoms with E-state index in [0.29, 0.717) is 11.4 Å². The van der Waals surface area contributed by atoms with Gasteiger partial charge in [-0.05, 0) is 25.1 Å². The molecule has 0 saturated carbocycles. The summed E-state index contributed by atoms with van der Waals surface area (Å²) in [7, 11) is -4.02. The fraction of sp³-hybridized carbons (Fsp3) is 0.333. The number of alkyl halides is 1. The largest absolute Gasteiger partial charge is 0.243 e. The molecule has 90 valence electrons. The molecule has 1 aromatic rings. The van der Waals surface area contributed by atoms with Crippen LogP contribution in [0.25, 0.3) is 0 Å². The molecule has 3 nitrogen and oxygen atoms in total. The van der Waals surface area contributed by atoms with Gasteiger partial charge in [0.2, 0.25) is 10.0 Å². The van der Waals surface area contributed by atoms with Crippen LogP contribution in [-0.2, 0) is 10.0 Å². The van der Waals surface area contributed by atoms with Crippen molar-refractivity contribution in [1.82, 2.24) is 4.72 Å². The van der Waals surface area contributed by atoms with Gasteiger partial charge in [-0.15, -0.1) is 0 Å². The summed E-state index contributed by atoms with van der Waals surface area (Å²) in [5.41, 5.74) is 0. The number of halogens is 3. The van der Waals surface area contributed by atoms with Crippen molar-refractivity contribution in [2.75, 3.05) is 5.33 Å². The second kappa shape index (κ2) is 5.20. The van der Waals surface area contributed by atoms with E-state index in [9.17, 15) is 17.2 Å². The zero-order chi connectivity index (χ0) is 12.3. The molecule has 1 atom stereocenters. The van der Waals surface area contributed by atoms with Gasteiger partial charge in [-0.1, -0.05) is 15.9 Å². The SMILES string of the molecule is CC(CBr)NS(=O)(=O)c1cc(F)ccc1F. The summed E-state index contributed by atoms with van der Waals surface area (Å²) in [4.78, 5) is -0.680. The Balaban J connectivity index is 3.12. The fourth-order valence-electron chi connectivity index (χ4n) is 1.04. The highest BCUT2D eigenvalue weighted by atomic mass is 79.9. The molecule has 7 heteroatoms. The van der Waals surface area contributed by atoms with Crippen LogP contribution in [0, 0.1) is 11.6 Å². The molecule has 0 aliphatic rings. The van der Waals surface area contributed by atoms with Gasteiger partial charge in [-0.2, -0.15) is 0 Å².